The second-order valence-corrected chi connectivity index (χ2v) is 9.68. The first-order chi connectivity index (χ1) is 19.0. The third-order valence-electron chi connectivity index (χ3n) is 5.52. The van der Waals surface area contributed by atoms with Gasteiger partial charge in [0.1, 0.15) is 4.91 Å². The summed E-state index contributed by atoms with van der Waals surface area (Å²) >= 11 is 0. The van der Waals surface area contributed by atoms with Gasteiger partial charge in [0.25, 0.3) is 10.1 Å². The van der Waals surface area contributed by atoms with Gasteiger partial charge in [0.2, 0.25) is 17.8 Å². The number of nitrogens with one attached hydrogen (secondary N) is 3. The molecule has 0 fully saturated rings. The molecule has 4 aromatic carbocycles. The molecule has 0 aliphatic rings. The van der Waals surface area contributed by atoms with E-state index in [1.807, 2.05) is 66.7 Å². The summed E-state index contributed by atoms with van der Waals surface area (Å²) in [6, 6.07) is 35.9. The molecule has 0 amide bonds. The van der Waals surface area contributed by atoms with Crippen LogP contribution in [0.5, 0.6) is 0 Å². The fraction of sp³-hybridized carbons (Fsp3) is 0. The second-order valence-electron chi connectivity index (χ2n) is 8.32. The Kier molecular flexibility index (Phi) is 7.58. The third-order valence-corrected chi connectivity index (χ3v) is 6.47. The molecule has 0 aliphatic carbocycles. The minimum absolute atomic E-state index is 0.0535. The van der Waals surface area contributed by atoms with E-state index in [1.165, 1.54) is 0 Å². The van der Waals surface area contributed by atoms with E-state index in [4.69, 9.17) is 0 Å². The molecule has 10 heteroatoms. The molecule has 0 saturated heterocycles. The van der Waals surface area contributed by atoms with Crippen molar-refractivity contribution in [2.75, 3.05) is 16.0 Å². The van der Waals surface area contributed by atoms with Crippen molar-refractivity contribution in [3.05, 3.63) is 132 Å². The minimum Gasteiger partial charge on any atom is -0.324 e. The van der Waals surface area contributed by atoms with E-state index in [2.05, 4.69) is 30.9 Å². The van der Waals surface area contributed by atoms with Crippen molar-refractivity contribution in [3.8, 4) is 0 Å². The van der Waals surface area contributed by atoms with E-state index < -0.39 is 10.1 Å². The van der Waals surface area contributed by atoms with Crippen LogP contribution in [0.25, 0.3) is 10.6 Å². The average Bonchev–Trinajstić information content (AvgIpc) is 2.94. The van der Waals surface area contributed by atoms with E-state index in [1.54, 1.807) is 54.6 Å². The third kappa shape index (κ3) is 6.63. The quantitative estimate of drug-likeness (QED) is 0.129. The van der Waals surface area contributed by atoms with Gasteiger partial charge in [0, 0.05) is 11.4 Å². The number of hydrogen-bond acceptors (Lipinski definition) is 8. The Hall–Kier alpha value is -5.06. The van der Waals surface area contributed by atoms with Crippen molar-refractivity contribution in [1.82, 2.24) is 15.0 Å². The molecule has 0 spiro atoms. The Morgan fingerprint density at radius 3 is 1.36 bits per heavy atom. The highest BCUT2D eigenvalue weighted by Crippen LogP contribution is 2.31. The summed E-state index contributed by atoms with van der Waals surface area (Å²) in [5.74, 6) is 0.494. The zero-order chi connectivity index (χ0) is 27.1. The van der Waals surface area contributed by atoms with Gasteiger partial charge < -0.3 is 16.0 Å². The lowest BCUT2D eigenvalue weighted by molar-refractivity contribution is 0.496. The van der Waals surface area contributed by atoms with Gasteiger partial charge in [-0.3, -0.25) is 4.55 Å². The van der Waals surface area contributed by atoms with Crippen LogP contribution in [-0.2, 0) is 10.1 Å². The van der Waals surface area contributed by atoms with Gasteiger partial charge in [-0.05, 0) is 35.4 Å². The summed E-state index contributed by atoms with van der Waals surface area (Å²) in [7, 11) is -4.69. The smallest absolute Gasteiger partial charge is 0.297 e. The van der Waals surface area contributed by atoms with Gasteiger partial charge in [0.05, 0.1) is 5.70 Å². The van der Waals surface area contributed by atoms with E-state index >= 15 is 0 Å². The van der Waals surface area contributed by atoms with Crippen molar-refractivity contribution < 1.29 is 13.0 Å². The second kappa shape index (κ2) is 11.5. The van der Waals surface area contributed by atoms with Gasteiger partial charge in [0.15, 0.2) is 0 Å². The Balaban J connectivity index is 1.65. The Bertz CT molecular complexity index is 1620. The van der Waals surface area contributed by atoms with Crippen molar-refractivity contribution >= 4 is 49.9 Å². The Labute approximate surface area is 226 Å². The van der Waals surface area contributed by atoms with Gasteiger partial charge in [-0.2, -0.15) is 23.4 Å². The van der Waals surface area contributed by atoms with Crippen molar-refractivity contribution in [3.63, 3.8) is 0 Å². The monoisotopic (exact) mass is 536 g/mol. The average molecular weight is 537 g/mol. The highest BCUT2D eigenvalue weighted by Gasteiger charge is 2.24. The maximum absolute atomic E-state index is 12.7. The van der Waals surface area contributed by atoms with E-state index in [9.17, 15) is 13.0 Å². The molecular weight excluding hydrogens is 512 g/mol. The van der Waals surface area contributed by atoms with Gasteiger partial charge >= 0.3 is 0 Å². The van der Waals surface area contributed by atoms with E-state index in [0.717, 1.165) is 11.4 Å². The minimum atomic E-state index is -4.69. The predicted octanol–water partition coefficient (Wildman–Crippen LogP) is 6.18. The standard InChI is InChI=1S/C29H24N6O3S/c36-39(37,38)26(22-15-7-2-8-16-22)25(21-13-5-1-6-14-21)32-29-34-27(30-23-17-9-3-10-18-23)33-28(35-29)31-24-19-11-4-12-20-24/h1-20H,(H,36,37,38)(H3,30,31,32,33,34,35). The SMILES string of the molecule is O=S(=O)(O)C(=C(Nc1nc(Nc2ccccc2)nc(Nc2ccccc2)n1)c1ccccc1)c1ccccc1. The number of anilines is 5. The van der Waals surface area contributed by atoms with Crippen LogP contribution in [0.15, 0.2) is 121 Å². The van der Waals surface area contributed by atoms with Crippen LogP contribution in [0.1, 0.15) is 11.1 Å². The van der Waals surface area contributed by atoms with Crippen LogP contribution in [-0.4, -0.2) is 27.9 Å². The van der Waals surface area contributed by atoms with Crippen LogP contribution < -0.4 is 16.0 Å². The zero-order valence-corrected chi connectivity index (χ0v) is 21.4. The lowest BCUT2D eigenvalue weighted by atomic mass is 10.1. The van der Waals surface area contributed by atoms with Crippen LogP contribution >= 0.6 is 0 Å². The molecule has 4 N–H and O–H groups in total. The van der Waals surface area contributed by atoms with Crippen LogP contribution in [0.4, 0.5) is 29.2 Å². The number of rotatable bonds is 9. The number of aromatic nitrogens is 3. The topological polar surface area (TPSA) is 129 Å². The first-order valence-corrected chi connectivity index (χ1v) is 13.4. The molecule has 1 heterocycles. The maximum Gasteiger partial charge on any atom is 0.297 e. The molecular formula is C29H24N6O3S. The molecule has 0 radical (unpaired) electrons. The van der Waals surface area contributed by atoms with Crippen molar-refractivity contribution in [2.45, 2.75) is 0 Å². The van der Waals surface area contributed by atoms with Crippen molar-refractivity contribution in [1.29, 1.82) is 0 Å². The zero-order valence-electron chi connectivity index (χ0n) is 20.6. The fourth-order valence-electron chi connectivity index (χ4n) is 3.83. The number of benzene rings is 4. The highest BCUT2D eigenvalue weighted by atomic mass is 32.2. The fourth-order valence-corrected chi connectivity index (χ4v) is 4.69. The number of nitrogens with zero attached hydrogens (tertiary/aromatic N) is 3. The van der Waals surface area contributed by atoms with Crippen molar-refractivity contribution in [2.24, 2.45) is 0 Å². The first kappa shape index (κ1) is 25.6. The summed E-state index contributed by atoms with van der Waals surface area (Å²) in [5.41, 5.74) is 2.41. The normalized spacial score (nSPS) is 11.8. The molecule has 0 bridgehead atoms. The summed E-state index contributed by atoms with van der Waals surface area (Å²) in [5, 5.41) is 9.35. The molecule has 194 valence electrons. The van der Waals surface area contributed by atoms with Crippen LogP contribution in [0.3, 0.4) is 0 Å². The molecule has 0 saturated carbocycles. The molecule has 5 aromatic rings. The number of para-hydroxylation sites is 2. The van der Waals surface area contributed by atoms with Gasteiger partial charge in [-0.25, -0.2) is 0 Å². The largest absolute Gasteiger partial charge is 0.324 e. The maximum atomic E-state index is 12.7. The Morgan fingerprint density at radius 1 is 0.538 bits per heavy atom. The molecule has 0 atom stereocenters. The molecule has 9 nitrogen and oxygen atoms in total. The van der Waals surface area contributed by atoms with Gasteiger partial charge in [-0.1, -0.05) is 97.1 Å². The predicted molar refractivity (Wildman–Crippen MR) is 154 cm³/mol. The lowest BCUT2D eigenvalue weighted by Crippen LogP contribution is -2.13. The highest BCUT2D eigenvalue weighted by molar-refractivity contribution is 7.95. The summed E-state index contributed by atoms with van der Waals surface area (Å²) in [6.45, 7) is 0. The molecule has 0 unspecified atom stereocenters. The summed E-state index contributed by atoms with van der Waals surface area (Å²) in [6.07, 6.45) is 0. The molecule has 1 aromatic heterocycles. The van der Waals surface area contributed by atoms with E-state index in [0.29, 0.717) is 11.1 Å². The number of hydrogen-bond donors (Lipinski definition) is 4. The summed E-state index contributed by atoms with van der Waals surface area (Å²) < 4.78 is 35.8. The molecule has 39 heavy (non-hydrogen) atoms. The first-order valence-electron chi connectivity index (χ1n) is 12.0. The summed E-state index contributed by atoms with van der Waals surface area (Å²) in [4.78, 5) is 13.2. The van der Waals surface area contributed by atoms with Crippen LogP contribution in [0, 0.1) is 0 Å². The molecule has 5 rings (SSSR count). The van der Waals surface area contributed by atoms with E-state index in [-0.39, 0.29) is 28.4 Å². The van der Waals surface area contributed by atoms with Crippen LogP contribution in [0.2, 0.25) is 0 Å². The Morgan fingerprint density at radius 2 is 0.923 bits per heavy atom. The lowest BCUT2D eigenvalue weighted by Gasteiger charge is -2.17. The molecule has 0 aliphatic heterocycles. The van der Waals surface area contributed by atoms with Gasteiger partial charge in [-0.15, -0.1) is 0 Å².